The number of hydrogen-bond acceptors (Lipinski definition) is 5. The Morgan fingerprint density at radius 3 is 2.91 bits per heavy atom. The van der Waals surface area contributed by atoms with Crippen LogP contribution < -0.4 is 5.32 Å². The van der Waals surface area contributed by atoms with Crippen molar-refractivity contribution in [3.63, 3.8) is 0 Å². The highest BCUT2D eigenvalue weighted by Crippen LogP contribution is 2.65. The fourth-order valence-corrected chi connectivity index (χ4v) is 8.08. The summed E-state index contributed by atoms with van der Waals surface area (Å²) in [6.07, 6.45) is 11.1. The molecule has 1 amide bonds. The van der Waals surface area contributed by atoms with Crippen LogP contribution in [0.4, 0.5) is 0 Å². The molecule has 2 N–H and O–H groups in total. The number of allylic oxidation sites excluding steroid dienone is 2. The van der Waals surface area contributed by atoms with E-state index in [0.29, 0.717) is 12.5 Å². The van der Waals surface area contributed by atoms with E-state index in [-0.39, 0.29) is 29.4 Å². The Kier molecular flexibility index (Phi) is 5.95. The molecule has 5 rings (SSSR count). The largest absolute Gasteiger partial charge is 0.393 e. The lowest BCUT2D eigenvalue weighted by atomic mass is 9.47. The minimum absolute atomic E-state index is 0.0391. The standard InChI is InChI=1S/C26H36N2O3S/c1-25-11-9-18(28-31-16-24(30)27-15-19-4-3-13-32-19)14-17(25)5-6-20-21-7-8-23(29)26(21,2)12-10-22(20)25/h3-4,13-14,20-23,29H,5-12,15-16H2,1-2H3,(H,27,30)/b28-18+/t20-,21-,22-,23+,25-,26-/m0/s1. The number of aliphatic hydroxyl groups excluding tert-OH is 1. The number of nitrogens with one attached hydrogen (secondary N) is 1. The third-order valence-corrected chi connectivity index (χ3v) is 10.2. The molecule has 174 valence electrons. The molecule has 3 fully saturated rings. The lowest BCUT2D eigenvalue weighted by Gasteiger charge is -2.57. The van der Waals surface area contributed by atoms with E-state index in [2.05, 4.69) is 30.4 Å². The monoisotopic (exact) mass is 456 g/mol. The van der Waals surface area contributed by atoms with E-state index in [9.17, 15) is 9.90 Å². The van der Waals surface area contributed by atoms with Gasteiger partial charge in [-0.05, 0) is 97.5 Å². The van der Waals surface area contributed by atoms with E-state index in [1.807, 2.05) is 17.5 Å². The van der Waals surface area contributed by atoms with Crippen LogP contribution in [0, 0.1) is 28.6 Å². The fourth-order valence-electron chi connectivity index (χ4n) is 7.44. The number of fused-ring (bicyclic) bond motifs is 5. The van der Waals surface area contributed by atoms with Gasteiger partial charge < -0.3 is 15.3 Å². The van der Waals surface area contributed by atoms with Gasteiger partial charge in [0, 0.05) is 4.88 Å². The molecule has 4 aliphatic carbocycles. The molecule has 0 radical (unpaired) electrons. The Morgan fingerprint density at radius 2 is 2.09 bits per heavy atom. The van der Waals surface area contributed by atoms with Crippen LogP contribution in [0.2, 0.25) is 0 Å². The predicted octanol–water partition coefficient (Wildman–Crippen LogP) is 5.06. The second kappa shape index (κ2) is 8.60. The van der Waals surface area contributed by atoms with Crippen molar-refractivity contribution in [1.82, 2.24) is 5.32 Å². The van der Waals surface area contributed by atoms with Crippen LogP contribution in [0.25, 0.3) is 0 Å². The Morgan fingerprint density at radius 1 is 1.22 bits per heavy atom. The minimum Gasteiger partial charge on any atom is -0.393 e. The number of rotatable bonds is 5. The molecule has 0 spiro atoms. The van der Waals surface area contributed by atoms with Gasteiger partial charge in [-0.2, -0.15) is 0 Å². The lowest BCUT2D eigenvalue weighted by molar-refractivity contribution is -0.125. The van der Waals surface area contributed by atoms with Crippen LogP contribution >= 0.6 is 11.3 Å². The molecule has 4 aliphatic rings. The van der Waals surface area contributed by atoms with Crippen LogP contribution in [0.5, 0.6) is 0 Å². The molecule has 0 bridgehead atoms. The second-order valence-corrected chi connectivity index (χ2v) is 11.9. The van der Waals surface area contributed by atoms with Gasteiger partial charge in [-0.15, -0.1) is 11.3 Å². The van der Waals surface area contributed by atoms with E-state index in [4.69, 9.17) is 4.84 Å². The second-order valence-electron chi connectivity index (χ2n) is 10.9. The topological polar surface area (TPSA) is 70.9 Å². The van der Waals surface area contributed by atoms with Crippen LogP contribution in [0.3, 0.4) is 0 Å². The van der Waals surface area contributed by atoms with Gasteiger partial charge in [0.25, 0.3) is 5.91 Å². The summed E-state index contributed by atoms with van der Waals surface area (Å²) >= 11 is 1.63. The highest BCUT2D eigenvalue weighted by atomic mass is 32.1. The number of carbonyl (C=O) groups is 1. The van der Waals surface area contributed by atoms with Crippen LogP contribution in [-0.2, 0) is 16.2 Å². The number of carbonyl (C=O) groups excluding carboxylic acids is 1. The van der Waals surface area contributed by atoms with Gasteiger partial charge >= 0.3 is 0 Å². The number of oxime groups is 1. The molecule has 1 heterocycles. The Labute approximate surface area is 195 Å². The zero-order valence-electron chi connectivity index (χ0n) is 19.3. The molecular formula is C26H36N2O3S. The quantitative estimate of drug-likeness (QED) is 0.609. The summed E-state index contributed by atoms with van der Waals surface area (Å²) in [6.45, 7) is 5.32. The average molecular weight is 457 g/mol. The average Bonchev–Trinajstić information content (AvgIpc) is 3.40. The number of hydrogen-bond donors (Lipinski definition) is 2. The summed E-state index contributed by atoms with van der Waals surface area (Å²) in [7, 11) is 0. The summed E-state index contributed by atoms with van der Waals surface area (Å²) < 4.78 is 0. The van der Waals surface area contributed by atoms with Gasteiger partial charge in [0.1, 0.15) is 0 Å². The molecule has 6 heteroatoms. The summed E-state index contributed by atoms with van der Waals surface area (Å²) in [4.78, 5) is 18.6. The van der Waals surface area contributed by atoms with Gasteiger partial charge in [0.05, 0.1) is 18.4 Å². The molecule has 5 nitrogen and oxygen atoms in total. The third kappa shape index (κ3) is 3.83. The van der Waals surface area contributed by atoms with Crippen molar-refractivity contribution in [2.24, 2.45) is 33.7 Å². The fraction of sp³-hybridized carbons (Fsp3) is 0.692. The van der Waals surface area contributed by atoms with Crippen molar-refractivity contribution in [3.8, 4) is 0 Å². The van der Waals surface area contributed by atoms with Crippen LogP contribution in [0.15, 0.2) is 34.3 Å². The molecule has 0 saturated heterocycles. The maximum Gasteiger partial charge on any atom is 0.261 e. The molecule has 0 aliphatic heterocycles. The minimum atomic E-state index is -0.138. The molecular weight excluding hydrogens is 420 g/mol. The van der Waals surface area contributed by atoms with Crippen molar-refractivity contribution in [1.29, 1.82) is 0 Å². The first-order valence-electron chi connectivity index (χ1n) is 12.3. The molecule has 1 aromatic heterocycles. The SMILES string of the molecule is C[C@]12CC[C@H]3[C@@H](CCC4=C/C(=N/OCC(=O)NCc5cccs5)CC[C@@]43C)[C@@H]1CC[C@H]2O. The highest BCUT2D eigenvalue weighted by Gasteiger charge is 2.58. The predicted molar refractivity (Wildman–Crippen MR) is 127 cm³/mol. The first-order valence-corrected chi connectivity index (χ1v) is 13.1. The van der Waals surface area contributed by atoms with E-state index in [1.165, 1.54) is 24.8 Å². The van der Waals surface area contributed by atoms with Gasteiger partial charge in [-0.3, -0.25) is 4.79 Å². The molecule has 32 heavy (non-hydrogen) atoms. The van der Waals surface area contributed by atoms with Crippen molar-refractivity contribution in [2.75, 3.05) is 6.61 Å². The molecule has 6 atom stereocenters. The Balaban J connectivity index is 1.20. The van der Waals surface area contributed by atoms with Crippen molar-refractivity contribution >= 4 is 23.0 Å². The molecule has 0 unspecified atom stereocenters. The smallest absolute Gasteiger partial charge is 0.261 e. The third-order valence-electron chi connectivity index (χ3n) is 9.34. The van der Waals surface area contributed by atoms with E-state index in [1.54, 1.807) is 11.3 Å². The molecule has 3 saturated carbocycles. The van der Waals surface area contributed by atoms with E-state index < -0.39 is 0 Å². The zero-order valence-corrected chi connectivity index (χ0v) is 20.1. The normalized spacial score (nSPS) is 39.6. The van der Waals surface area contributed by atoms with Gasteiger partial charge in [-0.1, -0.05) is 30.6 Å². The summed E-state index contributed by atoms with van der Waals surface area (Å²) in [6, 6.07) is 3.99. The maximum absolute atomic E-state index is 12.0. The Bertz CT molecular complexity index is 910. The number of amides is 1. The first-order chi connectivity index (χ1) is 15.4. The summed E-state index contributed by atoms with van der Waals surface area (Å²) in [5, 5.41) is 19.8. The summed E-state index contributed by atoms with van der Waals surface area (Å²) in [5.74, 6) is 2.01. The van der Waals surface area contributed by atoms with Gasteiger partial charge in [-0.25, -0.2) is 0 Å². The van der Waals surface area contributed by atoms with Crippen LogP contribution in [-0.4, -0.2) is 29.4 Å². The summed E-state index contributed by atoms with van der Waals surface area (Å²) in [5.41, 5.74) is 2.88. The number of thiophene rings is 1. The molecule has 1 aromatic rings. The number of aliphatic hydroxyl groups is 1. The first kappa shape index (κ1) is 22.1. The van der Waals surface area contributed by atoms with E-state index in [0.717, 1.165) is 54.5 Å². The van der Waals surface area contributed by atoms with Gasteiger partial charge in [0.2, 0.25) is 0 Å². The number of nitrogens with zero attached hydrogens (tertiary/aromatic N) is 1. The van der Waals surface area contributed by atoms with Crippen molar-refractivity contribution in [2.45, 2.75) is 77.9 Å². The Hall–Kier alpha value is -1.66. The maximum atomic E-state index is 12.0. The zero-order chi connectivity index (χ0) is 22.3. The lowest BCUT2D eigenvalue weighted by Crippen LogP contribution is -2.51. The van der Waals surface area contributed by atoms with Crippen LogP contribution in [0.1, 0.15) is 70.1 Å². The van der Waals surface area contributed by atoms with E-state index >= 15 is 0 Å². The van der Waals surface area contributed by atoms with Crippen molar-refractivity contribution < 1.29 is 14.7 Å². The highest BCUT2D eigenvalue weighted by molar-refractivity contribution is 7.09. The van der Waals surface area contributed by atoms with Gasteiger partial charge in [0.15, 0.2) is 6.61 Å². The van der Waals surface area contributed by atoms with Crippen molar-refractivity contribution in [3.05, 3.63) is 34.0 Å². The molecule has 0 aromatic carbocycles.